The van der Waals surface area contributed by atoms with Crippen LogP contribution in [0.1, 0.15) is 22.2 Å². The Morgan fingerprint density at radius 2 is 1.88 bits per heavy atom. The van der Waals surface area contributed by atoms with Gasteiger partial charge in [0.05, 0.1) is 28.0 Å². The molecule has 0 atom stereocenters. The number of Topliss-reactive ketones (excluding diaryl/α,β-unsaturated/α-hetero) is 1. The maximum absolute atomic E-state index is 11.8. The molecule has 0 aliphatic heterocycles. The molecule has 5 heterocycles. The first-order valence-electron chi connectivity index (χ1n) is 10.6. The number of thiophene rings is 1. The average Bonchev–Trinajstić information content (AvgIpc) is 3.56. The molecule has 0 bridgehead atoms. The third-order valence-corrected chi connectivity index (χ3v) is 7.12. The molecule has 0 saturated carbocycles. The van der Waals surface area contributed by atoms with Crippen LogP contribution in [-0.4, -0.2) is 30.9 Å². The van der Waals surface area contributed by atoms with Crippen LogP contribution in [0.4, 0.5) is 0 Å². The zero-order valence-electron chi connectivity index (χ0n) is 18.0. The first-order chi connectivity index (χ1) is 16.1. The van der Waals surface area contributed by atoms with Gasteiger partial charge in [-0.1, -0.05) is 12.1 Å². The van der Waals surface area contributed by atoms with Crippen molar-refractivity contribution in [1.29, 1.82) is 0 Å². The molecular formula is C26H19N5OS. The minimum atomic E-state index is 0.0874. The van der Waals surface area contributed by atoms with Gasteiger partial charge in [0, 0.05) is 44.7 Å². The SMILES string of the molecule is CC(=O)c1ccc(-c2cccc3[nH]c(-c4n[nH]c5cnc(-c6cnccc6C)cc45)cc23)s1. The molecule has 0 aliphatic rings. The van der Waals surface area contributed by atoms with Gasteiger partial charge in [0.2, 0.25) is 0 Å². The third-order valence-electron chi connectivity index (χ3n) is 5.90. The van der Waals surface area contributed by atoms with Crippen LogP contribution in [0.2, 0.25) is 0 Å². The number of H-pyrrole nitrogens is 2. The van der Waals surface area contributed by atoms with Crippen LogP contribution in [0.3, 0.4) is 0 Å². The summed E-state index contributed by atoms with van der Waals surface area (Å²) < 4.78 is 0. The summed E-state index contributed by atoms with van der Waals surface area (Å²) in [6.07, 6.45) is 5.45. The number of aromatic nitrogens is 5. The normalized spacial score (nSPS) is 11.5. The summed E-state index contributed by atoms with van der Waals surface area (Å²) in [7, 11) is 0. The number of nitrogens with zero attached hydrogens (tertiary/aromatic N) is 3. The summed E-state index contributed by atoms with van der Waals surface area (Å²) in [5.74, 6) is 0.0874. The Labute approximate surface area is 193 Å². The van der Waals surface area contributed by atoms with Crippen molar-refractivity contribution in [3.05, 3.63) is 77.6 Å². The molecule has 1 aromatic carbocycles. The number of ketones is 1. The highest BCUT2D eigenvalue weighted by Gasteiger charge is 2.16. The summed E-state index contributed by atoms with van der Waals surface area (Å²) in [5, 5.41) is 9.78. The largest absolute Gasteiger partial charge is 0.353 e. The number of aromatic amines is 2. The topological polar surface area (TPSA) is 87.3 Å². The molecule has 0 aliphatic carbocycles. The third kappa shape index (κ3) is 3.25. The molecule has 0 spiro atoms. The fourth-order valence-corrected chi connectivity index (χ4v) is 5.11. The molecule has 0 radical (unpaired) electrons. The summed E-state index contributed by atoms with van der Waals surface area (Å²) in [6.45, 7) is 3.66. The second-order valence-corrected chi connectivity index (χ2v) is 9.13. The second kappa shape index (κ2) is 7.50. The minimum absolute atomic E-state index is 0.0874. The van der Waals surface area contributed by atoms with Gasteiger partial charge in [-0.15, -0.1) is 11.3 Å². The summed E-state index contributed by atoms with van der Waals surface area (Å²) >= 11 is 1.52. The van der Waals surface area contributed by atoms with Gasteiger partial charge in [0.25, 0.3) is 0 Å². The van der Waals surface area contributed by atoms with Crippen molar-refractivity contribution in [2.24, 2.45) is 0 Å². The lowest BCUT2D eigenvalue weighted by molar-refractivity contribution is 0.102. The average molecular weight is 450 g/mol. The predicted octanol–water partition coefficient (Wildman–Crippen LogP) is 6.41. The smallest absolute Gasteiger partial charge is 0.169 e. The van der Waals surface area contributed by atoms with Gasteiger partial charge in [-0.2, -0.15) is 5.10 Å². The van der Waals surface area contributed by atoms with Crippen LogP contribution in [-0.2, 0) is 0 Å². The van der Waals surface area contributed by atoms with Crippen LogP contribution in [0, 0.1) is 6.92 Å². The Kier molecular flexibility index (Phi) is 4.45. The Balaban J connectivity index is 1.49. The van der Waals surface area contributed by atoms with E-state index >= 15 is 0 Å². The van der Waals surface area contributed by atoms with E-state index in [2.05, 4.69) is 56.3 Å². The molecule has 0 fully saturated rings. The number of nitrogens with one attached hydrogen (secondary N) is 2. The molecular weight excluding hydrogens is 430 g/mol. The molecule has 6 nitrogen and oxygen atoms in total. The number of hydrogen-bond donors (Lipinski definition) is 2. The summed E-state index contributed by atoms with van der Waals surface area (Å²) in [4.78, 5) is 26.0. The highest BCUT2D eigenvalue weighted by atomic mass is 32.1. The molecule has 33 heavy (non-hydrogen) atoms. The van der Waals surface area contributed by atoms with Gasteiger partial charge in [0.1, 0.15) is 5.69 Å². The van der Waals surface area contributed by atoms with Gasteiger partial charge >= 0.3 is 0 Å². The van der Waals surface area contributed by atoms with Crippen LogP contribution in [0.15, 0.2) is 67.1 Å². The lowest BCUT2D eigenvalue weighted by Crippen LogP contribution is -1.88. The second-order valence-electron chi connectivity index (χ2n) is 8.05. The van der Waals surface area contributed by atoms with Gasteiger partial charge < -0.3 is 4.98 Å². The van der Waals surface area contributed by atoms with Crippen molar-refractivity contribution in [2.45, 2.75) is 13.8 Å². The molecule has 5 aromatic heterocycles. The molecule has 6 aromatic rings. The summed E-state index contributed by atoms with van der Waals surface area (Å²) in [6, 6.07) is 16.3. The van der Waals surface area contributed by atoms with E-state index in [1.165, 1.54) is 11.3 Å². The Bertz CT molecular complexity index is 1670. The molecule has 0 unspecified atom stereocenters. The maximum Gasteiger partial charge on any atom is 0.169 e. The predicted molar refractivity (Wildman–Crippen MR) is 132 cm³/mol. The van der Waals surface area contributed by atoms with Gasteiger partial charge in [-0.25, -0.2) is 0 Å². The van der Waals surface area contributed by atoms with Crippen molar-refractivity contribution in [2.75, 3.05) is 0 Å². The summed E-state index contributed by atoms with van der Waals surface area (Å²) in [5.41, 5.74) is 7.75. The van der Waals surface area contributed by atoms with Crippen LogP contribution >= 0.6 is 11.3 Å². The number of carbonyl (C=O) groups is 1. The molecule has 0 amide bonds. The van der Waals surface area contributed by atoms with Crippen molar-refractivity contribution in [3.63, 3.8) is 0 Å². The fourth-order valence-electron chi connectivity index (χ4n) is 4.17. The lowest BCUT2D eigenvalue weighted by atomic mass is 10.1. The van der Waals surface area contributed by atoms with Gasteiger partial charge in [-0.3, -0.25) is 19.9 Å². The number of benzene rings is 1. The van der Waals surface area contributed by atoms with E-state index in [0.29, 0.717) is 0 Å². The minimum Gasteiger partial charge on any atom is -0.353 e. The zero-order valence-corrected chi connectivity index (χ0v) is 18.8. The highest BCUT2D eigenvalue weighted by molar-refractivity contribution is 7.17. The van der Waals surface area contributed by atoms with Crippen LogP contribution in [0.25, 0.3) is 54.9 Å². The first kappa shape index (κ1) is 19.6. The van der Waals surface area contributed by atoms with E-state index in [0.717, 1.165) is 65.3 Å². The Morgan fingerprint density at radius 1 is 0.970 bits per heavy atom. The molecule has 2 N–H and O–H groups in total. The number of fused-ring (bicyclic) bond motifs is 2. The maximum atomic E-state index is 11.8. The van der Waals surface area contributed by atoms with E-state index in [4.69, 9.17) is 0 Å². The zero-order chi connectivity index (χ0) is 22.5. The Hall–Kier alpha value is -4.10. The standard InChI is InChI=1S/C26H19N5OS/c1-14-8-9-27-12-19(14)21-11-18-23(13-28-21)30-31-26(18)22-10-17-16(4-3-5-20(17)29-22)25-7-6-24(33-25)15(2)32/h3-13,29H,1-2H3,(H,30,31). The van der Waals surface area contributed by atoms with Gasteiger partial charge in [0.15, 0.2) is 5.78 Å². The number of pyridine rings is 2. The molecule has 7 heteroatoms. The number of carbonyl (C=O) groups excluding carboxylic acids is 1. The van der Waals surface area contributed by atoms with Crippen molar-refractivity contribution < 1.29 is 4.79 Å². The van der Waals surface area contributed by atoms with E-state index in [1.807, 2.05) is 36.7 Å². The van der Waals surface area contributed by atoms with Crippen molar-refractivity contribution >= 4 is 38.9 Å². The number of hydrogen-bond acceptors (Lipinski definition) is 5. The van der Waals surface area contributed by atoms with E-state index in [9.17, 15) is 4.79 Å². The molecule has 6 rings (SSSR count). The van der Waals surface area contributed by atoms with E-state index in [1.54, 1.807) is 13.1 Å². The number of rotatable bonds is 4. The highest BCUT2D eigenvalue weighted by Crippen LogP contribution is 2.37. The first-order valence-corrected chi connectivity index (χ1v) is 11.4. The van der Waals surface area contributed by atoms with Crippen molar-refractivity contribution in [3.8, 4) is 33.1 Å². The quantitative estimate of drug-likeness (QED) is 0.305. The van der Waals surface area contributed by atoms with E-state index in [-0.39, 0.29) is 5.78 Å². The van der Waals surface area contributed by atoms with E-state index < -0.39 is 0 Å². The van der Waals surface area contributed by atoms with Crippen molar-refractivity contribution in [1.82, 2.24) is 25.1 Å². The molecule has 0 saturated heterocycles. The van der Waals surface area contributed by atoms with Crippen LogP contribution < -0.4 is 0 Å². The number of aryl methyl sites for hydroxylation is 1. The van der Waals surface area contributed by atoms with Gasteiger partial charge in [-0.05, 0) is 55.8 Å². The lowest BCUT2D eigenvalue weighted by Gasteiger charge is -2.04. The Morgan fingerprint density at radius 3 is 2.70 bits per heavy atom. The monoisotopic (exact) mass is 449 g/mol. The fraction of sp³-hybridized carbons (Fsp3) is 0.0769. The molecule has 160 valence electrons. The van der Waals surface area contributed by atoms with Crippen LogP contribution in [0.5, 0.6) is 0 Å².